The highest BCUT2D eigenvalue weighted by atomic mass is 16.5. The van der Waals surface area contributed by atoms with Crippen LogP contribution in [0, 0.1) is 0 Å². The fourth-order valence-electron chi connectivity index (χ4n) is 3.13. The monoisotopic (exact) mass is 338 g/mol. The molecule has 0 heterocycles. The summed E-state index contributed by atoms with van der Waals surface area (Å²) in [4.78, 5) is 23.2. The molecule has 1 aliphatic carbocycles. The lowest BCUT2D eigenvalue weighted by atomic mass is 9.88. The van der Waals surface area contributed by atoms with E-state index in [1.165, 1.54) is 18.1 Å². The quantitative estimate of drug-likeness (QED) is 0.879. The minimum absolute atomic E-state index is 0.0296. The molecule has 25 heavy (non-hydrogen) atoms. The van der Waals surface area contributed by atoms with E-state index in [-0.39, 0.29) is 24.5 Å². The average molecular weight is 338 g/mol. The van der Waals surface area contributed by atoms with Crippen molar-refractivity contribution in [1.82, 2.24) is 5.32 Å². The van der Waals surface area contributed by atoms with Gasteiger partial charge in [0, 0.05) is 12.6 Å². The highest BCUT2D eigenvalue weighted by molar-refractivity contribution is 5.88. The Morgan fingerprint density at radius 2 is 1.88 bits per heavy atom. The van der Waals surface area contributed by atoms with Gasteiger partial charge >= 0.3 is 0 Å². The molecule has 2 aromatic rings. The van der Waals surface area contributed by atoms with Crippen molar-refractivity contribution in [3.05, 3.63) is 59.7 Å². The Morgan fingerprint density at radius 3 is 2.64 bits per heavy atom. The SMILES string of the molecule is CC(=O)Nc1ccc(OCC(=O)NC2CCCc3ccccc32)cc1. The van der Waals surface area contributed by atoms with Crippen LogP contribution >= 0.6 is 0 Å². The molecule has 5 nitrogen and oxygen atoms in total. The molecule has 0 fully saturated rings. The minimum Gasteiger partial charge on any atom is -0.484 e. The molecule has 0 saturated heterocycles. The van der Waals surface area contributed by atoms with Gasteiger partial charge in [-0.1, -0.05) is 24.3 Å². The number of aryl methyl sites for hydroxylation is 1. The lowest BCUT2D eigenvalue weighted by Gasteiger charge is -2.26. The van der Waals surface area contributed by atoms with Crippen molar-refractivity contribution < 1.29 is 14.3 Å². The topological polar surface area (TPSA) is 67.4 Å². The molecule has 1 atom stereocenters. The highest BCUT2D eigenvalue weighted by Gasteiger charge is 2.21. The highest BCUT2D eigenvalue weighted by Crippen LogP contribution is 2.29. The Labute approximate surface area is 147 Å². The van der Waals surface area contributed by atoms with Crippen molar-refractivity contribution in [2.45, 2.75) is 32.2 Å². The third-order valence-electron chi connectivity index (χ3n) is 4.25. The van der Waals surface area contributed by atoms with Gasteiger partial charge in [-0.2, -0.15) is 0 Å². The Bertz CT molecular complexity index is 756. The first kappa shape index (κ1) is 17.0. The number of ether oxygens (including phenoxy) is 1. The molecule has 2 aromatic carbocycles. The van der Waals surface area contributed by atoms with Gasteiger partial charge in [-0.15, -0.1) is 0 Å². The summed E-state index contributed by atoms with van der Waals surface area (Å²) in [5.74, 6) is 0.335. The Morgan fingerprint density at radius 1 is 1.12 bits per heavy atom. The van der Waals surface area contributed by atoms with Crippen LogP contribution in [0.5, 0.6) is 5.75 Å². The molecule has 2 N–H and O–H groups in total. The van der Waals surface area contributed by atoms with Crippen LogP contribution in [-0.2, 0) is 16.0 Å². The second kappa shape index (κ2) is 7.83. The smallest absolute Gasteiger partial charge is 0.258 e. The molecule has 1 unspecified atom stereocenters. The Kier molecular flexibility index (Phi) is 5.33. The zero-order valence-corrected chi connectivity index (χ0v) is 14.2. The second-order valence-corrected chi connectivity index (χ2v) is 6.21. The first-order chi connectivity index (χ1) is 12.1. The molecule has 0 radical (unpaired) electrons. The van der Waals surface area contributed by atoms with E-state index in [1.807, 2.05) is 12.1 Å². The molecule has 0 saturated carbocycles. The molecule has 0 aliphatic heterocycles. The summed E-state index contributed by atoms with van der Waals surface area (Å²) in [5, 5.41) is 5.75. The van der Waals surface area contributed by atoms with Crippen molar-refractivity contribution >= 4 is 17.5 Å². The van der Waals surface area contributed by atoms with E-state index in [0.29, 0.717) is 11.4 Å². The lowest BCUT2D eigenvalue weighted by Crippen LogP contribution is -2.34. The number of amides is 2. The number of carbonyl (C=O) groups excluding carboxylic acids is 2. The van der Waals surface area contributed by atoms with Gasteiger partial charge in [0.1, 0.15) is 5.75 Å². The number of nitrogens with one attached hydrogen (secondary N) is 2. The predicted octanol–water partition coefficient (Wildman–Crippen LogP) is 3.22. The van der Waals surface area contributed by atoms with Crippen LogP contribution in [0.2, 0.25) is 0 Å². The molecule has 2 amide bonds. The predicted molar refractivity (Wildman–Crippen MR) is 96.5 cm³/mol. The number of benzene rings is 2. The first-order valence-corrected chi connectivity index (χ1v) is 8.49. The summed E-state index contributed by atoms with van der Waals surface area (Å²) in [6.07, 6.45) is 3.10. The van der Waals surface area contributed by atoms with Crippen LogP contribution in [0.15, 0.2) is 48.5 Å². The molecule has 3 rings (SSSR count). The van der Waals surface area contributed by atoms with Gasteiger partial charge in [-0.3, -0.25) is 9.59 Å². The van der Waals surface area contributed by atoms with E-state index < -0.39 is 0 Å². The van der Waals surface area contributed by atoms with Gasteiger partial charge in [0.05, 0.1) is 6.04 Å². The maximum atomic E-state index is 12.2. The summed E-state index contributed by atoms with van der Waals surface area (Å²) in [6, 6.07) is 15.3. The van der Waals surface area contributed by atoms with Crippen LogP contribution in [-0.4, -0.2) is 18.4 Å². The van der Waals surface area contributed by atoms with Gasteiger partial charge in [-0.25, -0.2) is 0 Å². The molecular weight excluding hydrogens is 316 g/mol. The lowest BCUT2D eigenvalue weighted by molar-refractivity contribution is -0.124. The first-order valence-electron chi connectivity index (χ1n) is 8.49. The van der Waals surface area contributed by atoms with Crippen molar-refractivity contribution in [1.29, 1.82) is 0 Å². The Balaban J connectivity index is 1.53. The summed E-state index contributed by atoms with van der Waals surface area (Å²) in [5.41, 5.74) is 3.22. The summed E-state index contributed by atoms with van der Waals surface area (Å²) in [7, 11) is 0. The van der Waals surface area contributed by atoms with Crippen LogP contribution < -0.4 is 15.4 Å². The number of anilines is 1. The van der Waals surface area contributed by atoms with E-state index >= 15 is 0 Å². The van der Waals surface area contributed by atoms with Crippen LogP contribution in [0.1, 0.15) is 36.9 Å². The average Bonchev–Trinajstić information content (AvgIpc) is 2.61. The number of fused-ring (bicyclic) bond motifs is 1. The summed E-state index contributed by atoms with van der Waals surface area (Å²) in [6.45, 7) is 1.43. The Hall–Kier alpha value is -2.82. The minimum atomic E-state index is -0.132. The van der Waals surface area contributed by atoms with E-state index in [9.17, 15) is 9.59 Å². The number of hydrogen-bond donors (Lipinski definition) is 2. The van der Waals surface area contributed by atoms with Crippen LogP contribution in [0.25, 0.3) is 0 Å². The van der Waals surface area contributed by atoms with E-state index in [2.05, 4.69) is 22.8 Å². The normalized spacial score (nSPS) is 15.8. The largest absolute Gasteiger partial charge is 0.484 e. The molecule has 130 valence electrons. The third-order valence-corrected chi connectivity index (χ3v) is 4.25. The van der Waals surface area contributed by atoms with Gasteiger partial charge in [0.2, 0.25) is 5.91 Å². The van der Waals surface area contributed by atoms with Crippen molar-refractivity contribution in [3.8, 4) is 5.75 Å². The molecule has 0 spiro atoms. The van der Waals surface area contributed by atoms with Crippen molar-refractivity contribution in [2.24, 2.45) is 0 Å². The van der Waals surface area contributed by atoms with Gasteiger partial charge < -0.3 is 15.4 Å². The summed E-state index contributed by atoms with van der Waals surface area (Å²) >= 11 is 0. The summed E-state index contributed by atoms with van der Waals surface area (Å²) < 4.78 is 5.53. The van der Waals surface area contributed by atoms with E-state index in [4.69, 9.17) is 4.74 Å². The second-order valence-electron chi connectivity index (χ2n) is 6.21. The van der Waals surface area contributed by atoms with Gasteiger partial charge in [0.25, 0.3) is 5.91 Å². The zero-order valence-electron chi connectivity index (χ0n) is 14.2. The molecule has 1 aliphatic rings. The third kappa shape index (κ3) is 4.59. The maximum Gasteiger partial charge on any atom is 0.258 e. The molecular formula is C20H22N2O3. The van der Waals surface area contributed by atoms with Gasteiger partial charge in [0.15, 0.2) is 6.61 Å². The van der Waals surface area contributed by atoms with Crippen LogP contribution in [0.4, 0.5) is 5.69 Å². The standard InChI is InChI=1S/C20H22N2O3/c1-14(23)21-16-9-11-17(12-10-16)25-13-20(24)22-19-8-4-6-15-5-2-3-7-18(15)19/h2-3,5,7,9-12,19H,4,6,8,13H2,1H3,(H,21,23)(H,22,24). The molecule has 0 bridgehead atoms. The fraction of sp³-hybridized carbons (Fsp3) is 0.300. The van der Waals surface area contributed by atoms with Crippen molar-refractivity contribution in [2.75, 3.05) is 11.9 Å². The number of hydrogen-bond acceptors (Lipinski definition) is 3. The van der Waals surface area contributed by atoms with Gasteiger partial charge in [-0.05, 0) is 54.7 Å². The molecule has 5 heteroatoms. The van der Waals surface area contributed by atoms with Crippen molar-refractivity contribution in [3.63, 3.8) is 0 Å². The van der Waals surface area contributed by atoms with E-state index in [1.54, 1.807) is 24.3 Å². The maximum absolute atomic E-state index is 12.2. The zero-order chi connectivity index (χ0) is 17.6. The van der Waals surface area contributed by atoms with E-state index in [0.717, 1.165) is 19.3 Å². The fourth-order valence-corrected chi connectivity index (χ4v) is 3.13. The molecule has 0 aromatic heterocycles. The number of carbonyl (C=O) groups is 2. The number of rotatable bonds is 5. The van der Waals surface area contributed by atoms with Crippen LogP contribution in [0.3, 0.4) is 0 Å².